The zero-order chi connectivity index (χ0) is 15.9. The van der Waals surface area contributed by atoms with Crippen molar-refractivity contribution in [1.29, 1.82) is 0 Å². The molecule has 22 heavy (non-hydrogen) atoms. The van der Waals surface area contributed by atoms with Crippen LogP contribution in [0.4, 0.5) is 10.6 Å². The number of aryl methyl sites for hydroxylation is 1. The molecule has 6 nitrogen and oxygen atoms in total. The lowest BCUT2D eigenvalue weighted by atomic mass is 10.1. The largest absolute Gasteiger partial charge is 0.444 e. The second kappa shape index (κ2) is 5.41. The predicted molar refractivity (Wildman–Crippen MR) is 83.7 cm³/mol. The smallest absolute Gasteiger partial charge is 0.410 e. The molecule has 2 aliphatic heterocycles. The highest BCUT2D eigenvalue weighted by Crippen LogP contribution is 2.32. The molecule has 0 aromatic carbocycles. The van der Waals surface area contributed by atoms with Crippen LogP contribution in [0, 0.1) is 0 Å². The van der Waals surface area contributed by atoms with Crippen LogP contribution in [-0.2, 0) is 24.2 Å². The first-order valence-electron chi connectivity index (χ1n) is 7.99. The summed E-state index contributed by atoms with van der Waals surface area (Å²) in [5.41, 5.74) is 1.58. The van der Waals surface area contributed by atoms with Gasteiger partial charge in [-0.3, -0.25) is 4.90 Å². The topological polar surface area (TPSA) is 58.6 Å². The van der Waals surface area contributed by atoms with E-state index in [4.69, 9.17) is 4.74 Å². The Morgan fingerprint density at radius 1 is 1.23 bits per heavy atom. The molecule has 2 aliphatic rings. The van der Waals surface area contributed by atoms with Crippen LogP contribution in [0.15, 0.2) is 0 Å². The SMILES string of the molecule is CCc1nc2c(c(N3CCC3)n1)CN(C(=O)OC(C)(C)C)C2. The van der Waals surface area contributed by atoms with E-state index < -0.39 is 5.60 Å². The number of carbonyl (C=O) groups is 1. The van der Waals surface area contributed by atoms with Crippen molar-refractivity contribution in [2.45, 2.75) is 59.2 Å². The van der Waals surface area contributed by atoms with Gasteiger partial charge >= 0.3 is 6.09 Å². The lowest BCUT2D eigenvalue weighted by Gasteiger charge is -2.33. The van der Waals surface area contributed by atoms with Crippen LogP contribution >= 0.6 is 0 Å². The highest BCUT2D eigenvalue weighted by Gasteiger charge is 2.33. The minimum atomic E-state index is -0.480. The molecule has 0 atom stereocenters. The molecule has 3 heterocycles. The average molecular weight is 304 g/mol. The van der Waals surface area contributed by atoms with Crippen molar-refractivity contribution in [3.8, 4) is 0 Å². The number of hydrogen-bond acceptors (Lipinski definition) is 5. The van der Waals surface area contributed by atoms with Crippen molar-refractivity contribution in [3.63, 3.8) is 0 Å². The Morgan fingerprint density at radius 3 is 2.50 bits per heavy atom. The second-order valence-electron chi connectivity index (χ2n) is 6.92. The van der Waals surface area contributed by atoms with Crippen LogP contribution in [-0.4, -0.2) is 39.7 Å². The van der Waals surface area contributed by atoms with Crippen molar-refractivity contribution < 1.29 is 9.53 Å². The molecule has 1 fully saturated rings. The van der Waals surface area contributed by atoms with E-state index in [9.17, 15) is 4.79 Å². The summed E-state index contributed by atoms with van der Waals surface area (Å²) in [4.78, 5) is 25.6. The number of aromatic nitrogens is 2. The molecule has 6 heteroatoms. The number of rotatable bonds is 2. The minimum Gasteiger partial charge on any atom is -0.444 e. The van der Waals surface area contributed by atoms with Gasteiger partial charge in [-0.15, -0.1) is 0 Å². The van der Waals surface area contributed by atoms with Crippen molar-refractivity contribution >= 4 is 11.9 Å². The molecule has 0 bridgehead atoms. The van der Waals surface area contributed by atoms with E-state index >= 15 is 0 Å². The molecule has 0 spiro atoms. The third-order valence-electron chi connectivity index (χ3n) is 3.93. The van der Waals surface area contributed by atoms with Gasteiger partial charge in [-0.25, -0.2) is 14.8 Å². The number of hydrogen-bond donors (Lipinski definition) is 0. The Hall–Kier alpha value is -1.85. The van der Waals surface area contributed by atoms with Crippen LogP contribution in [0.25, 0.3) is 0 Å². The molecule has 0 radical (unpaired) electrons. The van der Waals surface area contributed by atoms with Crippen LogP contribution < -0.4 is 4.90 Å². The summed E-state index contributed by atoms with van der Waals surface area (Å²) in [6, 6.07) is 0. The number of nitrogens with zero attached hydrogens (tertiary/aromatic N) is 4. The van der Waals surface area contributed by atoms with Gasteiger partial charge in [0, 0.05) is 25.1 Å². The fourth-order valence-electron chi connectivity index (χ4n) is 2.69. The Kier molecular flexibility index (Phi) is 3.70. The first kappa shape index (κ1) is 15.1. The fraction of sp³-hybridized carbons (Fsp3) is 0.688. The van der Waals surface area contributed by atoms with Gasteiger partial charge in [0.2, 0.25) is 0 Å². The second-order valence-corrected chi connectivity index (χ2v) is 6.92. The maximum absolute atomic E-state index is 12.3. The Bertz CT molecular complexity index is 591. The lowest BCUT2D eigenvalue weighted by Crippen LogP contribution is -2.39. The number of anilines is 1. The highest BCUT2D eigenvalue weighted by molar-refractivity contribution is 5.70. The Balaban J connectivity index is 1.84. The maximum Gasteiger partial charge on any atom is 0.410 e. The zero-order valence-corrected chi connectivity index (χ0v) is 13.8. The van der Waals surface area contributed by atoms with E-state index in [-0.39, 0.29) is 6.09 Å². The van der Waals surface area contributed by atoms with Gasteiger partial charge in [-0.05, 0) is 27.2 Å². The van der Waals surface area contributed by atoms with Crippen molar-refractivity contribution in [2.24, 2.45) is 0 Å². The maximum atomic E-state index is 12.3. The number of fused-ring (bicyclic) bond motifs is 1. The van der Waals surface area contributed by atoms with E-state index in [0.29, 0.717) is 13.1 Å². The van der Waals surface area contributed by atoms with E-state index in [0.717, 1.165) is 42.4 Å². The molecular formula is C16H24N4O2. The van der Waals surface area contributed by atoms with Gasteiger partial charge in [0.15, 0.2) is 0 Å². The molecule has 1 aromatic heterocycles. The minimum absolute atomic E-state index is 0.280. The van der Waals surface area contributed by atoms with Crippen molar-refractivity contribution in [1.82, 2.24) is 14.9 Å². The summed E-state index contributed by atoms with van der Waals surface area (Å²) in [7, 11) is 0. The molecule has 1 aromatic rings. The molecule has 0 aliphatic carbocycles. The van der Waals surface area contributed by atoms with Crippen molar-refractivity contribution in [3.05, 3.63) is 17.1 Å². The van der Waals surface area contributed by atoms with Crippen molar-refractivity contribution in [2.75, 3.05) is 18.0 Å². The summed E-state index contributed by atoms with van der Waals surface area (Å²) < 4.78 is 5.48. The van der Waals surface area contributed by atoms with Crippen LogP contribution in [0.1, 0.15) is 51.2 Å². The van der Waals surface area contributed by atoms with E-state index in [1.807, 2.05) is 20.8 Å². The summed E-state index contributed by atoms with van der Waals surface area (Å²) in [5.74, 6) is 1.87. The van der Waals surface area contributed by atoms with Crippen LogP contribution in [0.3, 0.4) is 0 Å². The van der Waals surface area contributed by atoms with Crippen LogP contribution in [0.2, 0.25) is 0 Å². The fourth-order valence-corrected chi connectivity index (χ4v) is 2.69. The summed E-state index contributed by atoms with van der Waals surface area (Å²) in [6.45, 7) is 10.8. The summed E-state index contributed by atoms with van der Waals surface area (Å²) >= 11 is 0. The highest BCUT2D eigenvalue weighted by atomic mass is 16.6. The lowest BCUT2D eigenvalue weighted by molar-refractivity contribution is 0.0241. The van der Waals surface area contributed by atoms with E-state index in [1.165, 1.54) is 6.42 Å². The van der Waals surface area contributed by atoms with Crippen LogP contribution in [0.5, 0.6) is 0 Å². The standard InChI is InChI=1S/C16H24N4O2/c1-5-13-17-12-10-20(15(21)22-16(2,3)4)9-11(12)14(18-13)19-7-6-8-19/h5-10H2,1-4H3. The first-order chi connectivity index (χ1) is 10.4. The van der Waals surface area contributed by atoms with E-state index in [2.05, 4.69) is 21.8 Å². The zero-order valence-electron chi connectivity index (χ0n) is 13.8. The number of carbonyl (C=O) groups excluding carboxylic acids is 1. The van der Waals surface area contributed by atoms with Gasteiger partial charge in [-0.2, -0.15) is 0 Å². The van der Waals surface area contributed by atoms with E-state index in [1.54, 1.807) is 4.90 Å². The Labute approximate surface area is 131 Å². The number of ether oxygens (including phenoxy) is 1. The third-order valence-corrected chi connectivity index (χ3v) is 3.93. The summed E-state index contributed by atoms with van der Waals surface area (Å²) in [6.07, 6.45) is 1.73. The van der Waals surface area contributed by atoms with Gasteiger partial charge < -0.3 is 9.64 Å². The predicted octanol–water partition coefficient (Wildman–Crippen LogP) is 2.50. The first-order valence-corrected chi connectivity index (χ1v) is 7.99. The van der Waals surface area contributed by atoms with Gasteiger partial charge in [0.05, 0.1) is 18.8 Å². The number of amides is 1. The molecule has 3 rings (SSSR count). The Morgan fingerprint density at radius 2 is 1.95 bits per heavy atom. The molecule has 0 saturated carbocycles. The third kappa shape index (κ3) is 2.87. The monoisotopic (exact) mass is 304 g/mol. The normalized spacial score (nSPS) is 17.3. The molecule has 120 valence electrons. The summed E-state index contributed by atoms with van der Waals surface area (Å²) in [5, 5.41) is 0. The average Bonchev–Trinajstić information content (AvgIpc) is 2.78. The molecular weight excluding hydrogens is 280 g/mol. The molecule has 1 amide bonds. The van der Waals surface area contributed by atoms with Gasteiger partial charge in [0.25, 0.3) is 0 Å². The molecule has 1 saturated heterocycles. The molecule has 0 unspecified atom stereocenters. The van der Waals surface area contributed by atoms with Gasteiger partial charge in [0.1, 0.15) is 17.2 Å². The quantitative estimate of drug-likeness (QED) is 0.840. The molecule has 0 N–H and O–H groups in total. The van der Waals surface area contributed by atoms with Gasteiger partial charge in [-0.1, -0.05) is 6.92 Å².